The second kappa shape index (κ2) is 9.68. The molecule has 9 nitrogen and oxygen atoms in total. The van der Waals surface area contributed by atoms with Crippen LogP contribution in [-0.4, -0.2) is 29.4 Å². The molecule has 0 aliphatic heterocycles. The van der Waals surface area contributed by atoms with E-state index >= 15 is 0 Å². The van der Waals surface area contributed by atoms with Crippen LogP contribution in [0.1, 0.15) is 18.9 Å². The van der Waals surface area contributed by atoms with Gasteiger partial charge in [-0.3, -0.25) is 19.7 Å². The summed E-state index contributed by atoms with van der Waals surface area (Å²) >= 11 is 0. The summed E-state index contributed by atoms with van der Waals surface area (Å²) in [6, 6.07) is 14.4. The fraction of sp³-hybridized carbons (Fsp3) is 0.211. The summed E-state index contributed by atoms with van der Waals surface area (Å²) in [5, 5.41) is 25.2. The largest absolute Gasteiger partial charge is 0.452 e. The van der Waals surface area contributed by atoms with E-state index in [4.69, 9.17) is 10.00 Å². The number of para-hydroxylation sites is 2. The molecule has 0 bridgehead atoms. The molecule has 0 aromatic heterocycles. The summed E-state index contributed by atoms with van der Waals surface area (Å²) < 4.78 is 5.07. The van der Waals surface area contributed by atoms with Gasteiger partial charge in [0.05, 0.1) is 23.0 Å². The van der Waals surface area contributed by atoms with E-state index in [2.05, 4.69) is 10.6 Å². The van der Waals surface area contributed by atoms with Crippen LogP contribution >= 0.6 is 0 Å². The Morgan fingerprint density at radius 2 is 2.00 bits per heavy atom. The average molecular weight is 382 g/mol. The SMILES string of the molecule is CC(OC(=O)CCNc1ccccc1[N+](=O)[O-])C(=O)Nc1cccc(C#N)c1. The number of nitriles is 1. The minimum Gasteiger partial charge on any atom is -0.452 e. The van der Waals surface area contributed by atoms with Gasteiger partial charge in [-0.2, -0.15) is 5.26 Å². The number of benzene rings is 2. The maximum Gasteiger partial charge on any atom is 0.308 e. The quantitative estimate of drug-likeness (QED) is 0.407. The molecule has 0 aliphatic carbocycles. The number of amides is 1. The van der Waals surface area contributed by atoms with Crippen molar-refractivity contribution in [1.82, 2.24) is 0 Å². The predicted octanol–water partition coefficient (Wildman–Crippen LogP) is 2.84. The maximum absolute atomic E-state index is 12.1. The highest BCUT2D eigenvalue weighted by Crippen LogP contribution is 2.22. The molecule has 0 radical (unpaired) electrons. The molecular weight excluding hydrogens is 364 g/mol. The predicted molar refractivity (Wildman–Crippen MR) is 102 cm³/mol. The number of nitro benzene ring substituents is 1. The number of hydrogen-bond acceptors (Lipinski definition) is 7. The van der Waals surface area contributed by atoms with Crippen molar-refractivity contribution in [3.05, 3.63) is 64.2 Å². The van der Waals surface area contributed by atoms with Crippen LogP contribution in [0, 0.1) is 21.4 Å². The molecule has 1 atom stereocenters. The van der Waals surface area contributed by atoms with E-state index in [9.17, 15) is 19.7 Å². The van der Waals surface area contributed by atoms with E-state index in [1.54, 1.807) is 30.3 Å². The van der Waals surface area contributed by atoms with Gasteiger partial charge in [0, 0.05) is 18.3 Å². The molecule has 0 fully saturated rings. The van der Waals surface area contributed by atoms with Gasteiger partial charge >= 0.3 is 5.97 Å². The molecule has 2 aromatic rings. The molecule has 1 amide bonds. The Labute approximate surface area is 161 Å². The summed E-state index contributed by atoms with van der Waals surface area (Å²) in [6.45, 7) is 1.54. The summed E-state index contributed by atoms with van der Waals surface area (Å²) in [7, 11) is 0. The Balaban J connectivity index is 1.81. The van der Waals surface area contributed by atoms with E-state index in [0.29, 0.717) is 16.9 Å². The van der Waals surface area contributed by atoms with Crippen molar-refractivity contribution < 1.29 is 19.2 Å². The van der Waals surface area contributed by atoms with E-state index in [0.717, 1.165) is 0 Å². The minimum atomic E-state index is -1.04. The number of carbonyl (C=O) groups excluding carboxylic acids is 2. The summed E-state index contributed by atoms with van der Waals surface area (Å²) in [5.41, 5.74) is 1.01. The van der Waals surface area contributed by atoms with Crippen LogP contribution in [0.5, 0.6) is 0 Å². The number of esters is 1. The first-order valence-corrected chi connectivity index (χ1v) is 8.38. The number of carbonyl (C=O) groups is 2. The van der Waals surface area contributed by atoms with Gasteiger partial charge in [-0.25, -0.2) is 0 Å². The normalized spacial score (nSPS) is 11.0. The molecule has 0 heterocycles. The maximum atomic E-state index is 12.1. The van der Waals surface area contributed by atoms with E-state index < -0.39 is 22.9 Å². The molecule has 2 rings (SSSR count). The second-order valence-electron chi connectivity index (χ2n) is 5.76. The zero-order chi connectivity index (χ0) is 20.5. The fourth-order valence-electron chi connectivity index (χ4n) is 2.30. The number of nitrogens with zero attached hydrogens (tertiary/aromatic N) is 2. The fourth-order valence-corrected chi connectivity index (χ4v) is 2.30. The number of rotatable bonds is 8. The Hall–Kier alpha value is -3.93. The molecule has 144 valence electrons. The standard InChI is InChI=1S/C19H18N4O5/c1-13(19(25)22-15-6-4-5-14(11-15)12-20)28-18(24)9-10-21-16-7-2-3-8-17(16)23(26)27/h2-8,11,13,21H,9-10H2,1H3,(H,22,25). The number of ether oxygens (including phenoxy) is 1. The highest BCUT2D eigenvalue weighted by Gasteiger charge is 2.18. The molecule has 0 saturated heterocycles. The average Bonchev–Trinajstić information content (AvgIpc) is 2.68. The highest BCUT2D eigenvalue weighted by molar-refractivity contribution is 5.95. The lowest BCUT2D eigenvalue weighted by Crippen LogP contribution is -2.30. The molecule has 2 N–H and O–H groups in total. The molecule has 0 spiro atoms. The van der Waals surface area contributed by atoms with Crippen LogP contribution in [0.15, 0.2) is 48.5 Å². The lowest BCUT2D eigenvalue weighted by molar-refractivity contribution is -0.384. The van der Waals surface area contributed by atoms with Crippen molar-refractivity contribution in [2.45, 2.75) is 19.4 Å². The van der Waals surface area contributed by atoms with Gasteiger partial charge in [0.1, 0.15) is 5.69 Å². The highest BCUT2D eigenvalue weighted by atomic mass is 16.6. The first kappa shape index (κ1) is 20.4. The van der Waals surface area contributed by atoms with Crippen molar-refractivity contribution in [2.75, 3.05) is 17.2 Å². The van der Waals surface area contributed by atoms with Crippen molar-refractivity contribution >= 4 is 28.9 Å². The number of nitro groups is 1. The van der Waals surface area contributed by atoms with Crippen LogP contribution in [0.2, 0.25) is 0 Å². The summed E-state index contributed by atoms with van der Waals surface area (Å²) in [5.74, 6) is -1.16. The molecule has 0 aliphatic rings. The lowest BCUT2D eigenvalue weighted by Gasteiger charge is -2.14. The van der Waals surface area contributed by atoms with Crippen molar-refractivity contribution in [2.24, 2.45) is 0 Å². The lowest BCUT2D eigenvalue weighted by atomic mass is 10.2. The molecule has 2 aromatic carbocycles. The Morgan fingerprint density at radius 1 is 1.25 bits per heavy atom. The van der Waals surface area contributed by atoms with E-state index in [1.165, 1.54) is 25.1 Å². The topological polar surface area (TPSA) is 134 Å². The minimum absolute atomic E-state index is 0.0758. The Kier molecular flexibility index (Phi) is 7.05. The zero-order valence-electron chi connectivity index (χ0n) is 15.0. The summed E-state index contributed by atoms with van der Waals surface area (Å²) in [6.07, 6.45) is -1.11. The van der Waals surface area contributed by atoms with Gasteiger partial charge in [-0.15, -0.1) is 0 Å². The van der Waals surface area contributed by atoms with Crippen molar-refractivity contribution in [1.29, 1.82) is 5.26 Å². The molecular formula is C19H18N4O5. The van der Waals surface area contributed by atoms with Crippen LogP contribution < -0.4 is 10.6 Å². The third-order valence-corrected chi connectivity index (χ3v) is 3.68. The number of hydrogen-bond donors (Lipinski definition) is 2. The smallest absolute Gasteiger partial charge is 0.308 e. The zero-order valence-corrected chi connectivity index (χ0v) is 15.0. The van der Waals surface area contributed by atoms with Gasteiger partial charge in [-0.1, -0.05) is 18.2 Å². The second-order valence-corrected chi connectivity index (χ2v) is 5.76. The molecule has 9 heteroatoms. The van der Waals surface area contributed by atoms with Crippen LogP contribution in [0.3, 0.4) is 0 Å². The van der Waals surface area contributed by atoms with Crippen LogP contribution in [0.4, 0.5) is 17.1 Å². The van der Waals surface area contributed by atoms with Crippen LogP contribution in [-0.2, 0) is 14.3 Å². The van der Waals surface area contributed by atoms with E-state index in [1.807, 2.05) is 6.07 Å². The monoisotopic (exact) mass is 382 g/mol. The third-order valence-electron chi connectivity index (χ3n) is 3.68. The number of anilines is 2. The van der Waals surface area contributed by atoms with Gasteiger partial charge in [0.2, 0.25) is 0 Å². The van der Waals surface area contributed by atoms with Gasteiger partial charge in [-0.05, 0) is 31.2 Å². The first-order valence-electron chi connectivity index (χ1n) is 8.38. The molecule has 0 saturated carbocycles. The van der Waals surface area contributed by atoms with Gasteiger partial charge in [0.25, 0.3) is 11.6 Å². The number of nitrogens with one attached hydrogen (secondary N) is 2. The van der Waals surface area contributed by atoms with Gasteiger partial charge < -0.3 is 15.4 Å². The molecule has 1 unspecified atom stereocenters. The van der Waals surface area contributed by atoms with E-state index in [-0.39, 0.29) is 18.7 Å². The summed E-state index contributed by atoms with van der Waals surface area (Å²) in [4.78, 5) is 34.4. The molecule has 28 heavy (non-hydrogen) atoms. The first-order chi connectivity index (χ1) is 13.4. The van der Waals surface area contributed by atoms with Crippen molar-refractivity contribution in [3.8, 4) is 6.07 Å². The Bertz CT molecular complexity index is 923. The van der Waals surface area contributed by atoms with Crippen LogP contribution in [0.25, 0.3) is 0 Å². The Morgan fingerprint density at radius 3 is 2.71 bits per heavy atom. The van der Waals surface area contributed by atoms with Gasteiger partial charge in [0.15, 0.2) is 6.10 Å². The van der Waals surface area contributed by atoms with Crippen molar-refractivity contribution in [3.63, 3.8) is 0 Å². The third kappa shape index (κ3) is 5.81.